The summed E-state index contributed by atoms with van der Waals surface area (Å²) in [5, 5.41) is 22.7. The highest BCUT2D eigenvalue weighted by atomic mass is 32.1. The molecule has 1 aromatic carbocycles. The summed E-state index contributed by atoms with van der Waals surface area (Å²) < 4.78 is 14.7. The molecule has 162 valence electrons. The van der Waals surface area contributed by atoms with Crippen LogP contribution in [0.2, 0.25) is 0 Å². The predicted octanol–water partition coefficient (Wildman–Crippen LogP) is 3.43. The van der Waals surface area contributed by atoms with Gasteiger partial charge in [0.2, 0.25) is 0 Å². The Labute approximate surface area is 185 Å². The number of rotatable bonds is 8. The van der Waals surface area contributed by atoms with Crippen molar-refractivity contribution in [3.05, 3.63) is 63.7 Å². The van der Waals surface area contributed by atoms with E-state index >= 15 is 0 Å². The van der Waals surface area contributed by atoms with E-state index in [0.717, 1.165) is 18.9 Å². The third kappa shape index (κ3) is 5.61. The number of nitrogens with zero attached hydrogens (tertiary/aromatic N) is 4. The number of thiophene rings is 1. The second-order valence-electron chi connectivity index (χ2n) is 7.11. The van der Waals surface area contributed by atoms with Crippen molar-refractivity contribution in [3.63, 3.8) is 0 Å². The Morgan fingerprint density at radius 1 is 1.32 bits per heavy atom. The van der Waals surface area contributed by atoms with E-state index in [-0.39, 0.29) is 11.6 Å². The lowest BCUT2D eigenvalue weighted by Gasteiger charge is -2.15. The first kappa shape index (κ1) is 22.3. The molecule has 0 aliphatic heterocycles. The maximum Gasteiger partial charge on any atom is 0.190 e. The van der Waals surface area contributed by atoms with Crippen LogP contribution in [0.1, 0.15) is 35.4 Å². The summed E-state index contributed by atoms with van der Waals surface area (Å²) in [6, 6.07) is 12.2. The number of nitrogens with one attached hydrogen (secondary N) is 2. The van der Waals surface area contributed by atoms with E-state index in [1.165, 1.54) is 21.7 Å². The number of hydrogen-bond donors (Lipinski definition) is 3. The van der Waals surface area contributed by atoms with Gasteiger partial charge in [-0.05, 0) is 48.6 Å². The first-order valence-corrected chi connectivity index (χ1v) is 10.9. The second-order valence-corrected chi connectivity index (χ2v) is 8.09. The molecule has 1 unspecified atom stereocenters. The summed E-state index contributed by atoms with van der Waals surface area (Å²) >= 11 is 1.75. The van der Waals surface area contributed by atoms with Gasteiger partial charge in [0, 0.05) is 30.9 Å². The summed E-state index contributed by atoms with van der Waals surface area (Å²) in [6.45, 7) is 3.63. The fourth-order valence-corrected chi connectivity index (χ4v) is 3.95. The van der Waals surface area contributed by atoms with E-state index in [9.17, 15) is 9.65 Å². The van der Waals surface area contributed by atoms with Crippen LogP contribution in [-0.2, 0) is 6.42 Å². The van der Waals surface area contributed by atoms with Crippen molar-refractivity contribution in [1.29, 1.82) is 5.26 Å². The Kier molecular flexibility index (Phi) is 7.62. The van der Waals surface area contributed by atoms with Crippen molar-refractivity contribution in [3.8, 4) is 11.8 Å². The smallest absolute Gasteiger partial charge is 0.190 e. The van der Waals surface area contributed by atoms with Crippen molar-refractivity contribution in [2.75, 3.05) is 25.9 Å². The summed E-state index contributed by atoms with van der Waals surface area (Å²) in [5.74, 6) is 1.06. The minimum absolute atomic E-state index is 0.261. The van der Waals surface area contributed by atoms with Crippen molar-refractivity contribution < 1.29 is 4.39 Å². The summed E-state index contributed by atoms with van der Waals surface area (Å²) in [6.07, 6.45) is 1.33. The van der Waals surface area contributed by atoms with Crippen LogP contribution in [0.5, 0.6) is 0 Å². The van der Waals surface area contributed by atoms with Crippen LogP contribution in [0, 0.1) is 17.1 Å². The molecule has 7 nitrogen and oxygen atoms in total. The molecule has 3 rings (SSSR count). The molecule has 0 bridgehead atoms. The Hall–Kier alpha value is -3.38. The number of nitrogen functional groups attached to an aromatic ring is 1. The molecule has 0 saturated carbocycles. The highest BCUT2D eigenvalue weighted by Gasteiger charge is 2.16. The molecule has 9 heteroatoms. The van der Waals surface area contributed by atoms with Crippen LogP contribution >= 0.6 is 11.3 Å². The number of nitrogens with two attached hydrogens (primary N) is 1. The zero-order chi connectivity index (χ0) is 22.2. The number of guanidine groups is 1. The van der Waals surface area contributed by atoms with Gasteiger partial charge < -0.3 is 16.4 Å². The van der Waals surface area contributed by atoms with E-state index in [4.69, 9.17) is 5.73 Å². The van der Waals surface area contributed by atoms with Gasteiger partial charge in [0.1, 0.15) is 23.3 Å². The predicted molar refractivity (Wildman–Crippen MR) is 123 cm³/mol. The van der Waals surface area contributed by atoms with Gasteiger partial charge in [-0.25, -0.2) is 9.07 Å². The Morgan fingerprint density at radius 3 is 2.74 bits per heavy atom. The molecule has 3 aromatic rings. The van der Waals surface area contributed by atoms with Gasteiger partial charge in [0.15, 0.2) is 5.96 Å². The standard InChI is InChI=1S/C22H26FN7S/c1-15(20-6-4-12-31-20)14-28-22(26-2)27-11-3-5-19-18(13-24)21(25)30(29-19)17-9-7-16(23)8-10-17/h4,6-10,12,15H,3,5,11,14,25H2,1-2H3,(H2,26,27,28). The SMILES string of the molecule is CN=C(NCCCc1nn(-c2ccc(F)cc2)c(N)c1C#N)NCC(C)c1cccs1. The Morgan fingerprint density at radius 2 is 2.10 bits per heavy atom. The Bertz CT molecular complexity index is 1050. The highest BCUT2D eigenvalue weighted by molar-refractivity contribution is 7.10. The molecule has 0 aliphatic carbocycles. The monoisotopic (exact) mass is 439 g/mol. The van der Waals surface area contributed by atoms with Crippen LogP contribution in [-0.4, -0.2) is 35.9 Å². The average Bonchev–Trinajstić information content (AvgIpc) is 3.42. The normalized spacial score (nSPS) is 12.4. The summed E-state index contributed by atoms with van der Waals surface area (Å²) in [5.41, 5.74) is 7.71. The van der Waals surface area contributed by atoms with Crippen molar-refractivity contribution >= 4 is 23.1 Å². The fraction of sp³-hybridized carbons (Fsp3) is 0.318. The lowest BCUT2D eigenvalue weighted by atomic mass is 10.1. The molecule has 0 fully saturated rings. The van der Waals surface area contributed by atoms with Crippen LogP contribution in [0.25, 0.3) is 5.69 Å². The highest BCUT2D eigenvalue weighted by Crippen LogP contribution is 2.22. The quantitative estimate of drug-likeness (QED) is 0.283. The number of aryl methyl sites for hydroxylation is 1. The van der Waals surface area contributed by atoms with E-state index in [2.05, 4.69) is 51.2 Å². The largest absolute Gasteiger partial charge is 0.382 e. The number of halogens is 1. The number of aromatic nitrogens is 2. The van der Waals surface area contributed by atoms with Gasteiger partial charge in [-0.15, -0.1) is 11.3 Å². The molecule has 0 saturated heterocycles. The van der Waals surface area contributed by atoms with Crippen molar-refractivity contribution in [1.82, 2.24) is 20.4 Å². The first-order valence-electron chi connectivity index (χ1n) is 10.0. The van der Waals surface area contributed by atoms with Crippen LogP contribution < -0.4 is 16.4 Å². The number of nitriles is 1. The lowest BCUT2D eigenvalue weighted by molar-refractivity contribution is 0.627. The molecular formula is C22H26FN7S. The maximum absolute atomic E-state index is 13.2. The molecule has 0 aliphatic rings. The topological polar surface area (TPSA) is 104 Å². The van der Waals surface area contributed by atoms with E-state index < -0.39 is 0 Å². The molecule has 2 heterocycles. The molecule has 0 amide bonds. The molecular weight excluding hydrogens is 413 g/mol. The third-order valence-electron chi connectivity index (χ3n) is 4.89. The second kappa shape index (κ2) is 10.6. The number of benzene rings is 1. The van der Waals surface area contributed by atoms with Crippen molar-refractivity contribution in [2.24, 2.45) is 4.99 Å². The molecule has 0 spiro atoms. The summed E-state index contributed by atoms with van der Waals surface area (Å²) in [7, 11) is 1.74. The average molecular weight is 440 g/mol. The van der Waals surface area contributed by atoms with Gasteiger partial charge in [-0.2, -0.15) is 10.4 Å². The zero-order valence-corrected chi connectivity index (χ0v) is 18.4. The van der Waals surface area contributed by atoms with Crippen LogP contribution in [0.15, 0.2) is 46.8 Å². The van der Waals surface area contributed by atoms with Gasteiger partial charge in [0.05, 0.1) is 11.4 Å². The fourth-order valence-electron chi connectivity index (χ4n) is 3.16. The zero-order valence-electron chi connectivity index (χ0n) is 17.6. The van der Waals surface area contributed by atoms with E-state index in [1.54, 1.807) is 30.5 Å². The minimum atomic E-state index is -0.340. The maximum atomic E-state index is 13.2. The number of hydrogen-bond acceptors (Lipinski definition) is 5. The molecule has 31 heavy (non-hydrogen) atoms. The molecule has 1 atom stereocenters. The minimum Gasteiger partial charge on any atom is -0.382 e. The summed E-state index contributed by atoms with van der Waals surface area (Å²) in [4.78, 5) is 5.59. The van der Waals surface area contributed by atoms with E-state index in [0.29, 0.717) is 35.8 Å². The molecule has 2 aromatic heterocycles. The van der Waals surface area contributed by atoms with Gasteiger partial charge in [-0.1, -0.05) is 13.0 Å². The Balaban J connectivity index is 1.53. The third-order valence-corrected chi connectivity index (χ3v) is 5.99. The molecule has 0 radical (unpaired) electrons. The van der Waals surface area contributed by atoms with Crippen LogP contribution in [0.4, 0.5) is 10.2 Å². The molecule has 4 N–H and O–H groups in total. The van der Waals surface area contributed by atoms with Crippen molar-refractivity contribution in [2.45, 2.75) is 25.7 Å². The van der Waals surface area contributed by atoms with Gasteiger partial charge in [0.25, 0.3) is 0 Å². The number of aliphatic imine (C=N–C) groups is 1. The van der Waals surface area contributed by atoms with Gasteiger partial charge >= 0.3 is 0 Å². The lowest BCUT2D eigenvalue weighted by Crippen LogP contribution is -2.39. The van der Waals surface area contributed by atoms with Gasteiger partial charge in [-0.3, -0.25) is 4.99 Å². The van der Waals surface area contributed by atoms with E-state index in [1.807, 2.05) is 0 Å². The first-order chi connectivity index (χ1) is 15.0. The number of anilines is 1. The van der Waals surface area contributed by atoms with Crippen LogP contribution in [0.3, 0.4) is 0 Å².